The minimum Gasteiger partial charge on any atom is -0.371 e. The van der Waals surface area contributed by atoms with Crippen LogP contribution in [0.25, 0.3) is 10.9 Å². The van der Waals surface area contributed by atoms with Crippen LogP contribution < -0.4 is 4.90 Å². The zero-order valence-electron chi connectivity index (χ0n) is 12.2. The third kappa shape index (κ3) is 2.11. The van der Waals surface area contributed by atoms with Gasteiger partial charge in [0.15, 0.2) is 0 Å². The molecule has 0 unspecified atom stereocenters. The van der Waals surface area contributed by atoms with Gasteiger partial charge in [0.2, 0.25) is 0 Å². The first kappa shape index (κ1) is 12.5. The molecule has 19 heavy (non-hydrogen) atoms. The monoisotopic (exact) mass is 257 g/mol. The van der Waals surface area contributed by atoms with E-state index < -0.39 is 0 Å². The van der Waals surface area contributed by atoms with E-state index in [1.165, 1.54) is 54.5 Å². The molecule has 1 saturated heterocycles. The van der Waals surface area contributed by atoms with E-state index >= 15 is 0 Å². The Morgan fingerprint density at radius 1 is 1.26 bits per heavy atom. The summed E-state index contributed by atoms with van der Waals surface area (Å²) < 4.78 is 1.97. The van der Waals surface area contributed by atoms with Crippen molar-refractivity contribution in [1.82, 2.24) is 9.78 Å². The molecule has 1 fully saturated rings. The molecular formula is C16H23N3. The van der Waals surface area contributed by atoms with Crippen LogP contribution in [0, 0.1) is 12.8 Å². The summed E-state index contributed by atoms with van der Waals surface area (Å²) in [5.74, 6) is 0.921. The highest BCUT2D eigenvalue weighted by Gasteiger charge is 2.21. The highest BCUT2D eigenvalue weighted by atomic mass is 15.3. The Hall–Kier alpha value is -1.51. The van der Waals surface area contributed by atoms with Crippen molar-refractivity contribution in [3.05, 3.63) is 23.9 Å². The summed E-state index contributed by atoms with van der Waals surface area (Å²) >= 11 is 0. The molecule has 2 aromatic rings. The lowest BCUT2D eigenvalue weighted by molar-refractivity contribution is 0.395. The molecule has 0 N–H and O–H groups in total. The molecule has 3 rings (SSSR count). The van der Waals surface area contributed by atoms with Crippen molar-refractivity contribution in [2.45, 2.75) is 33.1 Å². The molecule has 0 bridgehead atoms. The van der Waals surface area contributed by atoms with Crippen molar-refractivity contribution in [3.63, 3.8) is 0 Å². The molecule has 0 aliphatic carbocycles. The summed E-state index contributed by atoms with van der Waals surface area (Å²) in [6.07, 6.45) is 5.99. The quantitative estimate of drug-likeness (QED) is 0.821. The molecule has 0 atom stereocenters. The normalized spacial score (nSPS) is 17.3. The van der Waals surface area contributed by atoms with E-state index in [9.17, 15) is 0 Å². The number of rotatable bonds is 2. The van der Waals surface area contributed by atoms with E-state index in [2.05, 4.69) is 36.0 Å². The second-order valence-corrected chi connectivity index (χ2v) is 5.77. The van der Waals surface area contributed by atoms with Crippen LogP contribution in [0.1, 0.15) is 31.7 Å². The second kappa shape index (κ2) is 4.87. The number of hydrogen-bond donors (Lipinski definition) is 0. The van der Waals surface area contributed by atoms with E-state index in [-0.39, 0.29) is 0 Å². The summed E-state index contributed by atoms with van der Waals surface area (Å²) in [5.41, 5.74) is 4.01. The lowest BCUT2D eigenvalue weighted by atomic mass is 9.93. The fourth-order valence-corrected chi connectivity index (χ4v) is 3.31. The predicted octanol–water partition coefficient (Wildman–Crippen LogP) is 3.51. The predicted molar refractivity (Wildman–Crippen MR) is 80.7 cm³/mol. The minimum absolute atomic E-state index is 0.921. The Balaban J connectivity index is 1.98. The third-order valence-electron chi connectivity index (χ3n) is 4.61. The second-order valence-electron chi connectivity index (χ2n) is 5.77. The molecule has 3 nitrogen and oxygen atoms in total. The Kier molecular flexibility index (Phi) is 3.21. The van der Waals surface area contributed by atoms with Crippen molar-refractivity contribution >= 4 is 16.6 Å². The fourth-order valence-electron chi connectivity index (χ4n) is 3.31. The van der Waals surface area contributed by atoms with Crippen LogP contribution in [0.5, 0.6) is 0 Å². The van der Waals surface area contributed by atoms with Crippen LogP contribution in [0.15, 0.2) is 18.3 Å². The number of fused-ring (bicyclic) bond motifs is 1. The Morgan fingerprint density at radius 2 is 2.00 bits per heavy atom. The van der Waals surface area contributed by atoms with Crippen molar-refractivity contribution in [2.24, 2.45) is 13.0 Å². The van der Waals surface area contributed by atoms with E-state index in [1.54, 1.807) is 0 Å². The van der Waals surface area contributed by atoms with Crippen LogP contribution in [-0.2, 0) is 7.05 Å². The Bertz CT molecular complexity index is 577. The van der Waals surface area contributed by atoms with E-state index in [0.29, 0.717) is 0 Å². The Labute approximate surface area is 115 Å². The van der Waals surface area contributed by atoms with Crippen LogP contribution in [0.4, 0.5) is 5.69 Å². The number of hydrogen-bond acceptors (Lipinski definition) is 2. The average molecular weight is 257 g/mol. The highest BCUT2D eigenvalue weighted by molar-refractivity contribution is 5.93. The summed E-state index contributed by atoms with van der Waals surface area (Å²) in [6.45, 7) is 6.90. The molecule has 1 aromatic heterocycles. The van der Waals surface area contributed by atoms with Gasteiger partial charge in [0.25, 0.3) is 0 Å². The van der Waals surface area contributed by atoms with E-state index in [4.69, 9.17) is 0 Å². The van der Waals surface area contributed by atoms with Gasteiger partial charge in [-0.15, -0.1) is 0 Å². The van der Waals surface area contributed by atoms with Gasteiger partial charge in [-0.05, 0) is 37.3 Å². The smallest absolute Gasteiger partial charge is 0.0700 e. The topological polar surface area (TPSA) is 21.1 Å². The van der Waals surface area contributed by atoms with Gasteiger partial charge in [-0.3, -0.25) is 4.68 Å². The number of nitrogens with zero attached hydrogens (tertiary/aromatic N) is 3. The number of piperidine rings is 1. The van der Waals surface area contributed by atoms with Crippen molar-refractivity contribution in [2.75, 3.05) is 18.0 Å². The zero-order chi connectivity index (χ0) is 13.4. The molecule has 3 heteroatoms. The summed E-state index contributed by atoms with van der Waals surface area (Å²) in [4.78, 5) is 2.56. The fraction of sp³-hybridized carbons (Fsp3) is 0.562. The van der Waals surface area contributed by atoms with Crippen LogP contribution in [0.3, 0.4) is 0 Å². The highest BCUT2D eigenvalue weighted by Crippen LogP contribution is 2.33. The largest absolute Gasteiger partial charge is 0.371 e. The van der Waals surface area contributed by atoms with Gasteiger partial charge in [-0.1, -0.05) is 19.4 Å². The summed E-state index contributed by atoms with van der Waals surface area (Å²) in [5, 5.41) is 5.72. The maximum absolute atomic E-state index is 4.41. The van der Waals surface area contributed by atoms with Gasteiger partial charge >= 0.3 is 0 Å². The van der Waals surface area contributed by atoms with E-state index in [0.717, 1.165) is 5.92 Å². The van der Waals surface area contributed by atoms with Crippen LogP contribution in [-0.4, -0.2) is 22.9 Å². The summed E-state index contributed by atoms with van der Waals surface area (Å²) in [6, 6.07) is 4.41. The first-order valence-corrected chi connectivity index (χ1v) is 7.37. The standard InChI is InChI=1S/C16H23N3/c1-4-13-7-9-19(10-8-13)16-12(2)5-6-15-14(16)11-17-18(15)3/h5-6,11,13H,4,7-10H2,1-3H3. The molecule has 0 radical (unpaired) electrons. The van der Waals surface area contributed by atoms with Gasteiger partial charge in [0, 0.05) is 25.5 Å². The lowest BCUT2D eigenvalue weighted by Crippen LogP contribution is -2.34. The van der Waals surface area contributed by atoms with Gasteiger partial charge in [0.1, 0.15) is 0 Å². The van der Waals surface area contributed by atoms with Crippen LogP contribution >= 0.6 is 0 Å². The molecule has 102 valence electrons. The van der Waals surface area contributed by atoms with Gasteiger partial charge in [0.05, 0.1) is 17.4 Å². The number of anilines is 1. The van der Waals surface area contributed by atoms with Crippen molar-refractivity contribution < 1.29 is 0 Å². The van der Waals surface area contributed by atoms with E-state index in [1.807, 2.05) is 17.9 Å². The average Bonchev–Trinajstić information content (AvgIpc) is 2.80. The first-order valence-electron chi connectivity index (χ1n) is 7.37. The summed E-state index contributed by atoms with van der Waals surface area (Å²) in [7, 11) is 2.02. The lowest BCUT2D eigenvalue weighted by Gasteiger charge is -2.34. The molecular weight excluding hydrogens is 234 g/mol. The maximum Gasteiger partial charge on any atom is 0.0700 e. The molecule has 0 amide bonds. The zero-order valence-corrected chi connectivity index (χ0v) is 12.2. The van der Waals surface area contributed by atoms with Crippen molar-refractivity contribution in [1.29, 1.82) is 0 Å². The Morgan fingerprint density at radius 3 is 2.68 bits per heavy atom. The molecule has 0 saturated carbocycles. The number of benzene rings is 1. The third-order valence-corrected chi connectivity index (χ3v) is 4.61. The minimum atomic E-state index is 0.921. The molecule has 1 aliphatic heterocycles. The van der Waals surface area contributed by atoms with Crippen molar-refractivity contribution in [3.8, 4) is 0 Å². The SMILES string of the molecule is CCC1CCN(c2c(C)ccc3c2cnn3C)CC1. The van der Waals surface area contributed by atoms with Gasteiger partial charge in [-0.2, -0.15) is 5.10 Å². The maximum atomic E-state index is 4.41. The molecule has 0 spiro atoms. The molecule has 1 aliphatic rings. The van der Waals surface area contributed by atoms with Crippen LogP contribution in [0.2, 0.25) is 0 Å². The number of aryl methyl sites for hydroxylation is 2. The molecule has 2 heterocycles. The molecule has 1 aromatic carbocycles. The van der Waals surface area contributed by atoms with Gasteiger partial charge in [-0.25, -0.2) is 0 Å². The first-order chi connectivity index (χ1) is 9.20. The van der Waals surface area contributed by atoms with Gasteiger partial charge < -0.3 is 4.90 Å². The number of aromatic nitrogens is 2.